The van der Waals surface area contributed by atoms with E-state index >= 15 is 0 Å². The van der Waals surface area contributed by atoms with Crippen LogP contribution >= 0.6 is 11.8 Å². The Kier molecular flexibility index (Phi) is 8.16. The number of ether oxygens (including phenoxy) is 1. The van der Waals surface area contributed by atoms with E-state index in [-0.39, 0.29) is 24.4 Å². The number of rotatable bonds is 8. The zero-order valence-corrected chi connectivity index (χ0v) is 18.3. The summed E-state index contributed by atoms with van der Waals surface area (Å²) in [6, 6.07) is 7.79. The minimum absolute atomic E-state index is 0.155. The summed E-state index contributed by atoms with van der Waals surface area (Å²) in [5, 5.41) is 0. The lowest BCUT2D eigenvalue weighted by Crippen LogP contribution is -2.54. The molecule has 0 aliphatic carbocycles. The first-order chi connectivity index (χ1) is 14.5. The van der Waals surface area contributed by atoms with Crippen LogP contribution in [0.25, 0.3) is 0 Å². The van der Waals surface area contributed by atoms with E-state index in [2.05, 4.69) is 0 Å². The molecule has 2 aliphatic rings. The van der Waals surface area contributed by atoms with E-state index in [1.165, 1.54) is 0 Å². The molecule has 0 bridgehead atoms. The topological polar surface area (TPSA) is 92.9 Å². The molecule has 7 nitrogen and oxygen atoms in total. The second kappa shape index (κ2) is 10.8. The van der Waals surface area contributed by atoms with Crippen molar-refractivity contribution in [3.8, 4) is 0 Å². The molecule has 2 heterocycles. The third-order valence-electron chi connectivity index (χ3n) is 5.80. The fraction of sp³-hybridized carbons (Fsp3) is 0.591. The van der Waals surface area contributed by atoms with Crippen LogP contribution in [-0.4, -0.2) is 70.8 Å². The van der Waals surface area contributed by atoms with Crippen molar-refractivity contribution < 1.29 is 19.1 Å². The summed E-state index contributed by atoms with van der Waals surface area (Å²) in [4.78, 5) is 42.0. The van der Waals surface area contributed by atoms with Crippen LogP contribution in [0.15, 0.2) is 30.3 Å². The Labute approximate surface area is 182 Å². The average molecular weight is 434 g/mol. The van der Waals surface area contributed by atoms with Gasteiger partial charge in [-0.1, -0.05) is 30.3 Å². The highest BCUT2D eigenvalue weighted by Crippen LogP contribution is 2.26. The number of hydrogen-bond donors (Lipinski definition) is 1. The summed E-state index contributed by atoms with van der Waals surface area (Å²) in [6.07, 6.45) is 5.30. The first-order valence-corrected chi connectivity index (χ1v) is 12.0. The number of benzene rings is 1. The van der Waals surface area contributed by atoms with E-state index in [9.17, 15) is 14.4 Å². The maximum Gasteiger partial charge on any atom is 0.329 e. The number of thioether (sulfide) groups is 1. The van der Waals surface area contributed by atoms with Crippen molar-refractivity contribution in [1.82, 2.24) is 9.80 Å². The van der Waals surface area contributed by atoms with Gasteiger partial charge in [0.25, 0.3) is 0 Å². The summed E-state index contributed by atoms with van der Waals surface area (Å²) >= 11 is 1.65. The zero-order valence-electron chi connectivity index (χ0n) is 17.5. The molecule has 2 fully saturated rings. The van der Waals surface area contributed by atoms with Crippen molar-refractivity contribution in [2.45, 2.75) is 56.8 Å². The number of carbonyl (C=O) groups is 3. The first kappa shape index (κ1) is 22.6. The van der Waals surface area contributed by atoms with Crippen LogP contribution in [0.4, 0.5) is 0 Å². The molecule has 0 spiro atoms. The monoisotopic (exact) mass is 433 g/mol. The van der Waals surface area contributed by atoms with E-state index < -0.39 is 18.1 Å². The molecule has 0 radical (unpaired) electrons. The van der Waals surface area contributed by atoms with Crippen molar-refractivity contribution in [2.24, 2.45) is 5.73 Å². The quantitative estimate of drug-likeness (QED) is 0.629. The van der Waals surface area contributed by atoms with Crippen molar-refractivity contribution in [3.05, 3.63) is 35.9 Å². The van der Waals surface area contributed by atoms with Crippen molar-refractivity contribution in [3.63, 3.8) is 0 Å². The molecule has 8 heteroatoms. The van der Waals surface area contributed by atoms with E-state index in [4.69, 9.17) is 10.5 Å². The molecule has 2 amide bonds. The minimum Gasteiger partial charge on any atom is -0.459 e. The van der Waals surface area contributed by atoms with Crippen LogP contribution < -0.4 is 5.73 Å². The van der Waals surface area contributed by atoms with Gasteiger partial charge in [0.15, 0.2) is 0 Å². The van der Waals surface area contributed by atoms with Crippen molar-refractivity contribution in [2.75, 3.05) is 25.1 Å². The van der Waals surface area contributed by atoms with Gasteiger partial charge in [0.2, 0.25) is 11.8 Å². The van der Waals surface area contributed by atoms with E-state index in [0.717, 1.165) is 24.2 Å². The van der Waals surface area contributed by atoms with Gasteiger partial charge in [-0.2, -0.15) is 11.8 Å². The Balaban J connectivity index is 1.61. The minimum atomic E-state index is -0.587. The van der Waals surface area contributed by atoms with Crippen LogP contribution in [0.2, 0.25) is 0 Å². The molecule has 0 unspecified atom stereocenters. The first-order valence-electron chi connectivity index (χ1n) is 10.6. The normalized spacial score (nSPS) is 22.2. The fourth-order valence-corrected chi connectivity index (χ4v) is 4.65. The van der Waals surface area contributed by atoms with E-state index in [1.54, 1.807) is 21.6 Å². The Morgan fingerprint density at radius 2 is 1.77 bits per heavy atom. The van der Waals surface area contributed by atoms with Gasteiger partial charge in [-0.15, -0.1) is 0 Å². The molecule has 164 valence electrons. The molecule has 2 aliphatic heterocycles. The predicted molar refractivity (Wildman–Crippen MR) is 117 cm³/mol. The lowest BCUT2D eigenvalue weighted by atomic mass is 10.1. The molecule has 1 aromatic rings. The summed E-state index contributed by atoms with van der Waals surface area (Å²) in [7, 11) is 0. The number of esters is 1. The third-order valence-corrected chi connectivity index (χ3v) is 6.45. The van der Waals surface area contributed by atoms with E-state index in [1.807, 2.05) is 36.6 Å². The predicted octanol–water partition coefficient (Wildman–Crippen LogP) is 1.79. The van der Waals surface area contributed by atoms with E-state index in [0.29, 0.717) is 32.4 Å². The molecule has 0 saturated carbocycles. The maximum absolute atomic E-state index is 13.3. The summed E-state index contributed by atoms with van der Waals surface area (Å²) in [5.74, 6) is 0.109. The van der Waals surface area contributed by atoms with Gasteiger partial charge in [0.05, 0.1) is 6.04 Å². The number of amides is 2. The third kappa shape index (κ3) is 5.35. The van der Waals surface area contributed by atoms with Gasteiger partial charge in [0.1, 0.15) is 18.7 Å². The Morgan fingerprint density at radius 3 is 2.47 bits per heavy atom. The second-order valence-corrected chi connectivity index (χ2v) is 8.85. The van der Waals surface area contributed by atoms with Gasteiger partial charge in [-0.3, -0.25) is 9.59 Å². The van der Waals surface area contributed by atoms with Crippen molar-refractivity contribution in [1.29, 1.82) is 0 Å². The van der Waals surface area contributed by atoms with Crippen LogP contribution in [0.3, 0.4) is 0 Å². The second-order valence-electron chi connectivity index (χ2n) is 7.86. The average Bonchev–Trinajstić information content (AvgIpc) is 3.45. The maximum atomic E-state index is 13.3. The molecule has 1 aromatic carbocycles. The van der Waals surface area contributed by atoms with Crippen LogP contribution in [0.1, 0.15) is 37.7 Å². The largest absolute Gasteiger partial charge is 0.459 e. The molecule has 2 N–H and O–H groups in total. The Bertz CT molecular complexity index is 745. The molecular formula is C22H31N3O4S. The van der Waals surface area contributed by atoms with Crippen molar-refractivity contribution >= 4 is 29.5 Å². The summed E-state index contributed by atoms with van der Waals surface area (Å²) in [5.41, 5.74) is 6.98. The summed E-state index contributed by atoms with van der Waals surface area (Å²) in [6.45, 7) is 1.25. The number of likely N-dealkylation sites (tertiary alicyclic amines) is 2. The number of nitrogens with two attached hydrogens (primary N) is 1. The molecule has 3 rings (SSSR count). The lowest BCUT2D eigenvalue weighted by Gasteiger charge is -2.31. The highest BCUT2D eigenvalue weighted by atomic mass is 32.2. The highest BCUT2D eigenvalue weighted by molar-refractivity contribution is 7.98. The van der Waals surface area contributed by atoms with Gasteiger partial charge >= 0.3 is 5.97 Å². The van der Waals surface area contributed by atoms with Gasteiger partial charge < -0.3 is 20.3 Å². The van der Waals surface area contributed by atoms with Gasteiger partial charge in [-0.05, 0) is 49.7 Å². The molecule has 0 aromatic heterocycles. The van der Waals surface area contributed by atoms with Crippen LogP contribution in [-0.2, 0) is 25.7 Å². The zero-order chi connectivity index (χ0) is 21.5. The van der Waals surface area contributed by atoms with Gasteiger partial charge in [-0.25, -0.2) is 4.79 Å². The molecule has 2 saturated heterocycles. The molecule has 3 atom stereocenters. The highest BCUT2D eigenvalue weighted by Gasteiger charge is 2.43. The number of hydrogen-bond acceptors (Lipinski definition) is 6. The molecule has 30 heavy (non-hydrogen) atoms. The smallest absolute Gasteiger partial charge is 0.329 e. The number of nitrogens with zero attached hydrogens (tertiary/aromatic N) is 2. The van der Waals surface area contributed by atoms with Gasteiger partial charge in [0, 0.05) is 13.1 Å². The van der Waals surface area contributed by atoms with Crippen LogP contribution in [0, 0.1) is 0 Å². The summed E-state index contributed by atoms with van der Waals surface area (Å²) < 4.78 is 5.48. The van der Waals surface area contributed by atoms with Crippen LogP contribution in [0.5, 0.6) is 0 Å². The number of carbonyl (C=O) groups excluding carboxylic acids is 3. The fourth-order valence-electron chi connectivity index (χ4n) is 4.16. The lowest BCUT2D eigenvalue weighted by molar-refractivity contribution is -0.156. The Morgan fingerprint density at radius 1 is 1.10 bits per heavy atom. The Hall–Kier alpha value is -2.06. The SMILES string of the molecule is CSCC[C@H](N)C(=O)N1CCC[C@H]1C(=O)N1CCC[C@H]1C(=O)OCc1ccccc1. The molecular weight excluding hydrogens is 402 g/mol. The standard InChI is InChI=1S/C22H31N3O4S/c1-30-14-11-17(23)20(26)24-12-5-9-18(24)21(27)25-13-6-10-19(25)22(28)29-15-16-7-3-2-4-8-16/h2-4,7-8,17-19H,5-6,9-15,23H2,1H3/t17-,18-,19-/m0/s1.